The number of hydrogen-bond donors (Lipinski definition) is 1. The van der Waals surface area contributed by atoms with Gasteiger partial charge in [0.05, 0.1) is 17.8 Å². The number of carbonyl (C=O) groups is 1. The molecule has 0 saturated carbocycles. The molecule has 4 rings (SSSR count). The highest BCUT2D eigenvalue weighted by molar-refractivity contribution is 7.99. The lowest BCUT2D eigenvalue weighted by Crippen LogP contribution is -2.26. The zero-order valence-corrected chi connectivity index (χ0v) is 21.6. The highest BCUT2D eigenvalue weighted by atomic mass is 32.2. The molecule has 0 spiro atoms. The van der Waals surface area contributed by atoms with Crippen LogP contribution < -0.4 is 5.32 Å². The molecular weight excluding hydrogens is 450 g/mol. The molecule has 0 aliphatic carbocycles. The van der Waals surface area contributed by atoms with Gasteiger partial charge < -0.3 is 9.88 Å². The molecule has 0 aliphatic heterocycles. The highest BCUT2D eigenvalue weighted by Gasteiger charge is 2.19. The third-order valence-corrected chi connectivity index (χ3v) is 7.04. The molecule has 1 N–H and O–H groups in total. The van der Waals surface area contributed by atoms with Crippen LogP contribution in [-0.4, -0.2) is 27.8 Å². The van der Waals surface area contributed by atoms with Crippen molar-refractivity contribution in [3.05, 3.63) is 95.6 Å². The Morgan fingerprint density at radius 3 is 2.14 bits per heavy atom. The molecule has 4 nitrogen and oxygen atoms in total. The van der Waals surface area contributed by atoms with Gasteiger partial charge in [-0.1, -0.05) is 102 Å². The summed E-state index contributed by atoms with van der Waals surface area (Å²) in [5, 5.41) is 4.07. The first-order valence-electron chi connectivity index (χ1n) is 12.2. The molecule has 0 fully saturated rings. The first-order chi connectivity index (χ1) is 17.0. The Morgan fingerprint density at radius 1 is 0.886 bits per heavy atom. The molecule has 35 heavy (non-hydrogen) atoms. The van der Waals surface area contributed by atoms with Crippen molar-refractivity contribution >= 4 is 17.7 Å². The van der Waals surface area contributed by atoms with Gasteiger partial charge in [0.15, 0.2) is 5.16 Å². The summed E-state index contributed by atoms with van der Waals surface area (Å²) >= 11 is 1.76. The van der Waals surface area contributed by atoms with Gasteiger partial charge in [0.2, 0.25) is 5.91 Å². The minimum absolute atomic E-state index is 0.0690. The summed E-state index contributed by atoms with van der Waals surface area (Å²) in [6.07, 6.45) is 1.32. The van der Waals surface area contributed by atoms with E-state index in [4.69, 9.17) is 4.98 Å². The number of benzene rings is 3. The Hall–Kier alpha value is -3.31. The molecule has 0 saturated heterocycles. The Balaban J connectivity index is 1.46. The molecule has 1 amide bonds. The molecule has 0 aliphatic rings. The van der Waals surface area contributed by atoms with Crippen molar-refractivity contribution in [2.24, 2.45) is 0 Å². The summed E-state index contributed by atoms with van der Waals surface area (Å²) in [5.41, 5.74) is 8.02. The fourth-order valence-corrected chi connectivity index (χ4v) is 5.06. The fourth-order valence-electron chi connectivity index (χ4n) is 4.06. The molecule has 0 unspecified atom stereocenters. The second-order valence-electron chi connectivity index (χ2n) is 8.78. The quantitative estimate of drug-likeness (QED) is 0.202. The topological polar surface area (TPSA) is 46.9 Å². The van der Waals surface area contributed by atoms with E-state index in [-0.39, 0.29) is 5.91 Å². The van der Waals surface area contributed by atoms with Gasteiger partial charge in [-0.15, -0.1) is 0 Å². The largest absolute Gasteiger partial charge is 0.356 e. The van der Waals surface area contributed by atoms with E-state index in [1.54, 1.807) is 11.8 Å². The van der Waals surface area contributed by atoms with Gasteiger partial charge in [0, 0.05) is 30.0 Å². The molecule has 5 heteroatoms. The van der Waals surface area contributed by atoms with Gasteiger partial charge in [0.1, 0.15) is 0 Å². The van der Waals surface area contributed by atoms with Crippen LogP contribution >= 0.6 is 11.8 Å². The van der Waals surface area contributed by atoms with Crippen molar-refractivity contribution in [2.45, 2.75) is 45.3 Å². The van der Waals surface area contributed by atoms with Crippen molar-refractivity contribution in [3.63, 3.8) is 0 Å². The second-order valence-corrected chi connectivity index (χ2v) is 9.84. The highest BCUT2D eigenvalue weighted by Crippen LogP contribution is 2.36. The van der Waals surface area contributed by atoms with Gasteiger partial charge in [-0.05, 0) is 32.8 Å². The Labute approximate surface area is 212 Å². The van der Waals surface area contributed by atoms with Crippen LogP contribution in [0.5, 0.6) is 0 Å². The van der Waals surface area contributed by atoms with Crippen LogP contribution in [0.1, 0.15) is 30.0 Å². The number of nitrogens with one attached hydrogen (secondary N) is 1. The van der Waals surface area contributed by atoms with Crippen molar-refractivity contribution in [2.75, 3.05) is 12.3 Å². The third kappa shape index (κ3) is 6.43. The van der Waals surface area contributed by atoms with Crippen molar-refractivity contribution in [3.8, 4) is 22.5 Å². The first-order valence-corrected chi connectivity index (χ1v) is 13.2. The average Bonchev–Trinajstić information content (AvgIpc) is 3.23. The standard InChI is InChI=1S/C30H33N3OS/c1-4-33-29(26-17-13-23(3)14-18-26)28(25-15-11-22(2)12-16-25)32-30(33)35-20-8-19-31-27(34)21-24-9-6-5-7-10-24/h5-7,9-18H,4,8,19-21H2,1-3H3,(H,31,34). The molecule has 0 atom stereocenters. The maximum Gasteiger partial charge on any atom is 0.224 e. The predicted molar refractivity (Wildman–Crippen MR) is 147 cm³/mol. The number of thioether (sulfide) groups is 1. The van der Waals surface area contributed by atoms with E-state index < -0.39 is 0 Å². The van der Waals surface area contributed by atoms with Crippen molar-refractivity contribution in [1.29, 1.82) is 0 Å². The zero-order valence-electron chi connectivity index (χ0n) is 20.8. The lowest BCUT2D eigenvalue weighted by Gasteiger charge is -2.11. The zero-order chi connectivity index (χ0) is 24.6. The minimum atomic E-state index is 0.0690. The minimum Gasteiger partial charge on any atom is -0.356 e. The van der Waals surface area contributed by atoms with E-state index in [0.717, 1.165) is 46.4 Å². The molecule has 0 radical (unpaired) electrons. The van der Waals surface area contributed by atoms with Crippen LogP contribution in [-0.2, 0) is 17.8 Å². The molecule has 0 bridgehead atoms. The summed E-state index contributed by atoms with van der Waals surface area (Å²) in [6, 6.07) is 27.2. The van der Waals surface area contributed by atoms with Crippen LogP contribution in [0, 0.1) is 13.8 Å². The van der Waals surface area contributed by atoms with Gasteiger partial charge in [-0.2, -0.15) is 0 Å². The van der Waals surface area contributed by atoms with Gasteiger partial charge >= 0.3 is 0 Å². The normalized spacial score (nSPS) is 10.9. The maximum absolute atomic E-state index is 12.2. The summed E-state index contributed by atoms with van der Waals surface area (Å²) in [4.78, 5) is 17.3. The summed E-state index contributed by atoms with van der Waals surface area (Å²) in [5.74, 6) is 0.961. The van der Waals surface area contributed by atoms with Gasteiger partial charge in [-0.3, -0.25) is 4.79 Å². The number of rotatable bonds is 10. The first kappa shape index (κ1) is 24.8. The molecule has 4 aromatic rings. The van der Waals surface area contributed by atoms with E-state index in [2.05, 4.69) is 79.2 Å². The smallest absolute Gasteiger partial charge is 0.224 e. The summed E-state index contributed by atoms with van der Waals surface area (Å²) in [6.45, 7) is 7.91. The van der Waals surface area contributed by atoms with Crippen LogP contribution in [0.3, 0.4) is 0 Å². The lowest BCUT2D eigenvalue weighted by molar-refractivity contribution is -0.120. The molecule has 1 aromatic heterocycles. The maximum atomic E-state index is 12.2. The molecule has 180 valence electrons. The molecule has 3 aromatic carbocycles. The lowest BCUT2D eigenvalue weighted by atomic mass is 10.0. The number of aryl methyl sites for hydroxylation is 2. The molecule has 1 heterocycles. The predicted octanol–water partition coefficient (Wildman–Crippen LogP) is 6.69. The van der Waals surface area contributed by atoms with E-state index in [1.807, 2.05) is 30.3 Å². The van der Waals surface area contributed by atoms with Gasteiger partial charge in [-0.25, -0.2) is 4.98 Å². The van der Waals surface area contributed by atoms with E-state index in [0.29, 0.717) is 13.0 Å². The number of carbonyl (C=O) groups excluding carboxylic acids is 1. The van der Waals surface area contributed by atoms with E-state index in [1.165, 1.54) is 16.7 Å². The SMILES string of the molecule is CCn1c(SCCCNC(=O)Cc2ccccc2)nc(-c2ccc(C)cc2)c1-c1ccc(C)cc1. The Bertz CT molecular complexity index is 1250. The van der Waals surface area contributed by atoms with Crippen molar-refractivity contribution < 1.29 is 4.79 Å². The third-order valence-electron chi connectivity index (χ3n) is 5.98. The molecular formula is C30H33N3OS. The fraction of sp³-hybridized carbons (Fsp3) is 0.267. The summed E-state index contributed by atoms with van der Waals surface area (Å²) < 4.78 is 2.32. The van der Waals surface area contributed by atoms with Crippen LogP contribution in [0.15, 0.2) is 84.0 Å². The summed E-state index contributed by atoms with van der Waals surface area (Å²) in [7, 11) is 0. The number of imidazole rings is 1. The number of nitrogens with zero attached hydrogens (tertiary/aromatic N) is 2. The number of hydrogen-bond acceptors (Lipinski definition) is 3. The Kier molecular flexibility index (Phi) is 8.43. The van der Waals surface area contributed by atoms with E-state index in [9.17, 15) is 4.79 Å². The van der Waals surface area contributed by atoms with Crippen LogP contribution in [0.4, 0.5) is 0 Å². The second kappa shape index (κ2) is 11.9. The Morgan fingerprint density at radius 2 is 1.51 bits per heavy atom. The van der Waals surface area contributed by atoms with Crippen LogP contribution in [0.25, 0.3) is 22.5 Å². The van der Waals surface area contributed by atoms with E-state index >= 15 is 0 Å². The number of amides is 1. The monoisotopic (exact) mass is 483 g/mol. The average molecular weight is 484 g/mol. The van der Waals surface area contributed by atoms with Gasteiger partial charge in [0.25, 0.3) is 0 Å². The van der Waals surface area contributed by atoms with Crippen LogP contribution in [0.2, 0.25) is 0 Å². The number of aromatic nitrogens is 2. The van der Waals surface area contributed by atoms with Crippen molar-refractivity contribution in [1.82, 2.24) is 14.9 Å².